The lowest BCUT2D eigenvalue weighted by Gasteiger charge is -2.34. The highest BCUT2D eigenvalue weighted by Gasteiger charge is 2.40. The Morgan fingerprint density at radius 1 is 1.31 bits per heavy atom. The van der Waals surface area contributed by atoms with Crippen molar-refractivity contribution in [3.63, 3.8) is 0 Å². The Morgan fingerprint density at radius 2 is 1.88 bits per heavy atom. The fourth-order valence-electron chi connectivity index (χ4n) is 2.05. The molecular formula is C13H26O3. The molecule has 0 unspecified atom stereocenters. The van der Waals surface area contributed by atoms with E-state index in [0.717, 1.165) is 32.1 Å². The summed E-state index contributed by atoms with van der Waals surface area (Å²) < 4.78 is 10.2. The van der Waals surface area contributed by atoms with Gasteiger partial charge in [-0.1, -0.05) is 33.6 Å². The van der Waals surface area contributed by atoms with Gasteiger partial charge in [0.1, 0.15) is 0 Å². The molecule has 0 bridgehead atoms. The average molecular weight is 230 g/mol. The summed E-state index contributed by atoms with van der Waals surface area (Å²) in [4.78, 5) is 11.7. The lowest BCUT2D eigenvalue weighted by molar-refractivity contribution is -0.159. The zero-order valence-corrected chi connectivity index (χ0v) is 11.2. The summed E-state index contributed by atoms with van der Waals surface area (Å²) >= 11 is 0. The first kappa shape index (κ1) is 15.4. The molecule has 0 aromatic carbocycles. The minimum atomic E-state index is -0.247. The summed E-state index contributed by atoms with van der Waals surface area (Å²) in [5.41, 5.74) is -0.247. The summed E-state index contributed by atoms with van der Waals surface area (Å²) in [7, 11) is 1.48. The van der Waals surface area contributed by atoms with E-state index in [1.807, 2.05) is 13.8 Å². The standard InChI is InChI=1S/C11H20O3.C2H6/c1-3-4-5-11(10(12)13-2)6-8-14-9-7-11;1-2/h3-9H2,1-2H3;1-2H3. The maximum absolute atomic E-state index is 11.7. The van der Waals surface area contributed by atoms with Crippen molar-refractivity contribution in [1.29, 1.82) is 0 Å². The molecule has 1 heterocycles. The van der Waals surface area contributed by atoms with Crippen molar-refractivity contribution in [2.24, 2.45) is 5.41 Å². The van der Waals surface area contributed by atoms with Gasteiger partial charge >= 0.3 is 5.97 Å². The van der Waals surface area contributed by atoms with Gasteiger partial charge in [0.15, 0.2) is 0 Å². The van der Waals surface area contributed by atoms with Gasteiger partial charge in [-0.3, -0.25) is 4.79 Å². The third kappa shape index (κ3) is 4.12. The van der Waals surface area contributed by atoms with Crippen LogP contribution in [0, 0.1) is 5.41 Å². The maximum atomic E-state index is 11.7. The van der Waals surface area contributed by atoms with Crippen LogP contribution in [0.25, 0.3) is 0 Å². The summed E-state index contributed by atoms with van der Waals surface area (Å²) in [6, 6.07) is 0. The second kappa shape index (κ2) is 8.57. The van der Waals surface area contributed by atoms with Crippen molar-refractivity contribution in [3.8, 4) is 0 Å². The molecule has 1 fully saturated rings. The molecule has 0 radical (unpaired) electrons. The summed E-state index contributed by atoms with van der Waals surface area (Å²) in [5.74, 6) is -0.0470. The van der Waals surface area contributed by atoms with Crippen molar-refractivity contribution in [1.82, 2.24) is 0 Å². The number of methoxy groups -OCH3 is 1. The fraction of sp³-hybridized carbons (Fsp3) is 0.923. The molecule has 16 heavy (non-hydrogen) atoms. The van der Waals surface area contributed by atoms with Crippen LogP contribution in [-0.4, -0.2) is 26.3 Å². The molecule has 96 valence electrons. The Hall–Kier alpha value is -0.570. The molecule has 0 spiro atoms. The molecule has 0 aliphatic carbocycles. The van der Waals surface area contributed by atoms with Crippen molar-refractivity contribution in [2.45, 2.75) is 52.9 Å². The first-order chi connectivity index (χ1) is 7.75. The second-order valence-corrected chi connectivity index (χ2v) is 3.99. The minimum absolute atomic E-state index is 0.0470. The summed E-state index contributed by atoms with van der Waals surface area (Å²) in [6.45, 7) is 7.53. The molecule has 1 saturated heterocycles. The monoisotopic (exact) mass is 230 g/mol. The van der Waals surface area contributed by atoms with Crippen LogP contribution in [-0.2, 0) is 14.3 Å². The lowest BCUT2D eigenvalue weighted by atomic mass is 9.76. The Labute approximate surface area is 99.5 Å². The van der Waals surface area contributed by atoms with Gasteiger partial charge in [0.05, 0.1) is 12.5 Å². The Kier molecular flexibility index (Phi) is 8.26. The molecular weight excluding hydrogens is 204 g/mol. The van der Waals surface area contributed by atoms with Gasteiger partial charge in [-0.15, -0.1) is 0 Å². The van der Waals surface area contributed by atoms with Crippen LogP contribution in [0.15, 0.2) is 0 Å². The van der Waals surface area contributed by atoms with E-state index in [-0.39, 0.29) is 11.4 Å². The van der Waals surface area contributed by atoms with Crippen molar-refractivity contribution in [3.05, 3.63) is 0 Å². The fourth-order valence-corrected chi connectivity index (χ4v) is 2.05. The normalized spacial score (nSPS) is 18.2. The number of carbonyl (C=O) groups excluding carboxylic acids is 1. The number of unbranched alkanes of at least 4 members (excludes halogenated alkanes) is 1. The number of esters is 1. The number of hydrogen-bond donors (Lipinski definition) is 0. The highest BCUT2D eigenvalue weighted by Crippen LogP contribution is 2.36. The molecule has 3 heteroatoms. The lowest BCUT2D eigenvalue weighted by Crippen LogP contribution is -2.38. The van der Waals surface area contributed by atoms with E-state index >= 15 is 0 Å². The number of carbonyl (C=O) groups is 1. The van der Waals surface area contributed by atoms with Gasteiger partial charge in [0.25, 0.3) is 0 Å². The van der Waals surface area contributed by atoms with E-state index in [4.69, 9.17) is 9.47 Å². The van der Waals surface area contributed by atoms with Crippen molar-refractivity contribution in [2.75, 3.05) is 20.3 Å². The predicted molar refractivity (Wildman–Crippen MR) is 65.4 cm³/mol. The summed E-state index contributed by atoms with van der Waals surface area (Å²) in [5, 5.41) is 0. The average Bonchev–Trinajstić information content (AvgIpc) is 2.39. The van der Waals surface area contributed by atoms with Crippen LogP contribution >= 0.6 is 0 Å². The van der Waals surface area contributed by atoms with E-state index in [1.54, 1.807) is 0 Å². The number of rotatable bonds is 4. The van der Waals surface area contributed by atoms with Crippen LogP contribution in [0.2, 0.25) is 0 Å². The van der Waals surface area contributed by atoms with E-state index in [9.17, 15) is 4.79 Å². The van der Waals surface area contributed by atoms with Gasteiger partial charge in [0, 0.05) is 13.2 Å². The quantitative estimate of drug-likeness (QED) is 0.696. The van der Waals surface area contributed by atoms with Gasteiger partial charge in [-0.2, -0.15) is 0 Å². The minimum Gasteiger partial charge on any atom is -0.469 e. The summed E-state index contributed by atoms with van der Waals surface area (Å²) in [6.07, 6.45) is 4.80. The molecule has 0 aromatic heterocycles. The van der Waals surface area contributed by atoms with Crippen LogP contribution in [0.3, 0.4) is 0 Å². The topological polar surface area (TPSA) is 35.5 Å². The molecule has 1 rings (SSSR count). The first-order valence-corrected chi connectivity index (χ1v) is 6.41. The highest BCUT2D eigenvalue weighted by atomic mass is 16.5. The zero-order valence-electron chi connectivity index (χ0n) is 11.2. The highest BCUT2D eigenvalue weighted by molar-refractivity contribution is 5.76. The second-order valence-electron chi connectivity index (χ2n) is 3.99. The Balaban J connectivity index is 0.00000106. The zero-order chi connectivity index (χ0) is 12.4. The molecule has 0 amide bonds. The van der Waals surface area contributed by atoms with Gasteiger partial charge in [-0.05, 0) is 19.3 Å². The molecule has 0 saturated carbocycles. The number of ether oxygens (including phenoxy) is 2. The maximum Gasteiger partial charge on any atom is 0.311 e. The van der Waals surface area contributed by atoms with Gasteiger partial charge in [0.2, 0.25) is 0 Å². The van der Waals surface area contributed by atoms with Crippen LogP contribution < -0.4 is 0 Å². The molecule has 0 N–H and O–H groups in total. The van der Waals surface area contributed by atoms with Crippen LogP contribution in [0.1, 0.15) is 52.9 Å². The van der Waals surface area contributed by atoms with E-state index in [1.165, 1.54) is 7.11 Å². The molecule has 1 aliphatic heterocycles. The van der Waals surface area contributed by atoms with Gasteiger partial charge in [-0.25, -0.2) is 0 Å². The SMILES string of the molecule is CC.CCCCC1(C(=O)OC)CCOCC1. The number of hydrogen-bond acceptors (Lipinski definition) is 3. The molecule has 3 nitrogen and oxygen atoms in total. The smallest absolute Gasteiger partial charge is 0.311 e. The van der Waals surface area contributed by atoms with Crippen molar-refractivity contribution < 1.29 is 14.3 Å². The van der Waals surface area contributed by atoms with E-state index in [0.29, 0.717) is 13.2 Å². The third-order valence-electron chi connectivity index (χ3n) is 3.08. The van der Waals surface area contributed by atoms with E-state index < -0.39 is 0 Å². The third-order valence-corrected chi connectivity index (χ3v) is 3.08. The van der Waals surface area contributed by atoms with Crippen LogP contribution in [0.4, 0.5) is 0 Å². The van der Waals surface area contributed by atoms with Crippen molar-refractivity contribution >= 4 is 5.97 Å². The Morgan fingerprint density at radius 3 is 2.31 bits per heavy atom. The molecule has 1 aliphatic rings. The largest absolute Gasteiger partial charge is 0.469 e. The van der Waals surface area contributed by atoms with E-state index in [2.05, 4.69) is 6.92 Å². The van der Waals surface area contributed by atoms with Gasteiger partial charge < -0.3 is 9.47 Å². The molecule has 0 aromatic rings. The van der Waals surface area contributed by atoms with Crippen LogP contribution in [0.5, 0.6) is 0 Å². The molecule has 0 atom stereocenters. The Bertz CT molecular complexity index is 184. The first-order valence-electron chi connectivity index (χ1n) is 6.41. The predicted octanol–water partition coefficient (Wildman–Crippen LogP) is 3.17.